The van der Waals surface area contributed by atoms with E-state index < -0.39 is 18.5 Å². The fraction of sp³-hybridized carbons (Fsp3) is 0.222. The van der Waals surface area contributed by atoms with Crippen LogP contribution in [0, 0.1) is 6.92 Å². The predicted octanol–water partition coefficient (Wildman–Crippen LogP) is 3.06. The summed E-state index contributed by atoms with van der Waals surface area (Å²) >= 11 is 0. The maximum Gasteiger partial charge on any atom is 0.342 e. The van der Waals surface area contributed by atoms with Crippen molar-refractivity contribution >= 4 is 17.6 Å². The van der Waals surface area contributed by atoms with Crippen molar-refractivity contribution in [2.75, 3.05) is 11.9 Å². The largest absolute Gasteiger partial charge is 0.507 e. The number of esters is 1. The number of phenolic OH excluding ortho intramolecular Hbond substituents is 1. The number of ether oxygens (including phenoxy) is 1. The quantitative estimate of drug-likeness (QED) is 0.832. The van der Waals surface area contributed by atoms with Crippen LogP contribution in [0.1, 0.15) is 28.4 Å². The van der Waals surface area contributed by atoms with Gasteiger partial charge in [0, 0.05) is 5.69 Å². The molecule has 23 heavy (non-hydrogen) atoms. The lowest BCUT2D eigenvalue weighted by molar-refractivity contribution is -0.119. The highest BCUT2D eigenvalue weighted by atomic mass is 16.5. The third-order valence-corrected chi connectivity index (χ3v) is 3.41. The molecule has 0 heterocycles. The summed E-state index contributed by atoms with van der Waals surface area (Å²) < 4.78 is 4.94. The van der Waals surface area contributed by atoms with Gasteiger partial charge in [-0.1, -0.05) is 31.2 Å². The van der Waals surface area contributed by atoms with Crippen LogP contribution in [0.15, 0.2) is 42.5 Å². The summed E-state index contributed by atoms with van der Waals surface area (Å²) in [6.07, 6.45) is 0.866. The van der Waals surface area contributed by atoms with E-state index in [0.29, 0.717) is 11.3 Å². The Kier molecular flexibility index (Phi) is 5.36. The fourth-order valence-corrected chi connectivity index (χ4v) is 2.10. The number of para-hydroxylation sites is 1. The molecule has 0 radical (unpaired) electrons. The molecule has 5 heteroatoms. The summed E-state index contributed by atoms with van der Waals surface area (Å²) in [6.45, 7) is 3.29. The molecule has 2 rings (SSSR count). The summed E-state index contributed by atoms with van der Waals surface area (Å²) in [5.41, 5.74) is 2.37. The number of aryl methyl sites for hydroxylation is 2. The number of anilines is 1. The smallest absolute Gasteiger partial charge is 0.342 e. The molecule has 0 atom stereocenters. The molecular weight excluding hydrogens is 294 g/mol. The molecular formula is C18H19NO4. The zero-order chi connectivity index (χ0) is 16.8. The van der Waals surface area contributed by atoms with Crippen LogP contribution in [0.5, 0.6) is 5.75 Å². The van der Waals surface area contributed by atoms with E-state index in [-0.39, 0.29) is 11.3 Å². The van der Waals surface area contributed by atoms with Crippen molar-refractivity contribution in [1.82, 2.24) is 0 Å². The minimum Gasteiger partial charge on any atom is -0.507 e. The molecule has 0 aliphatic heterocycles. The van der Waals surface area contributed by atoms with Gasteiger partial charge < -0.3 is 15.2 Å². The molecule has 0 bridgehead atoms. The molecule has 0 fully saturated rings. The van der Waals surface area contributed by atoms with Gasteiger partial charge in [-0.2, -0.15) is 0 Å². The number of hydrogen-bond acceptors (Lipinski definition) is 4. The van der Waals surface area contributed by atoms with E-state index in [0.717, 1.165) is 12.0 Å². The number of carbonyl (C=O) groups is 2. The monoisotopic (exact) mass is 313 g/mol. The van der Waals surface area contributed by atoms with Gasteiger partial charge in [-0.05, 0) is 42.7 Å². The van der Waals surface area contributed by atoms with E-state index in [2.05, 4.69) is 5.32 Å². The van der Waals surface area contributed by atoms with E-state index in [9.17, 15) is 14.7 Å². The van der Waals surface area contributed by atoms with E-state index in [1.807, 2.05) is 25.1 Å². The van der Waals surface area contributed by atoms with Crippen molar-refractivity contribution < 1.29 is 19.4 Å². The van der Waals surface area contributed by atoms with Gasteiger partial charge in [-0.3, -0.25) is 4.79 Å². The number of hydrogen-bond donors (Lipinski definition) is 2. The maximum absolute atomic E-state index is 11.9. The zero-order valence-electron chi connectivity index (χ0n) is 13.1. The Morgan fingerprint density at radius 2 is 1.91 bits per heavy atom. The number of benzene rings is 2. The Balaban J connectivity index is 1.93. The van der Waals surface area contributed by atoms with Crippen molar-refractivity contribution in [1.29, 1.82) is 0 Å². The van der Waals surface area contributed by atoms with Gasteiger partial charge in [0.2, 0.25) is 0 Å². The Bertz CT molecular complexity index is 725. The number of amides is 1. The van der Waals surface area contributed by atoms with Gasteiger partial charge in [0.15, 0.2) is 6.61 Å². The lowest BCUT2D eigenvalue weighted by Crippen LogP contribution is -2.21. The average molecular weight is 313 g/mol. The molecule has 0 saturated heterocycles. The second-order valence-corrected chi connectivity index (χ2v) is 5.15. The second-order valence-electron chi connectivity index (χ2n) is 5.15. The summed E-state index contributed by atoms with van der Waals surface area (Å²) in [7, 11) is 0. The van der Waals surface area contributed by atoms with Crippen LogP contribution in [0.25, 0.3) is 0 Å². The minimum atomic E-state index is -0.733. The van der Waals surface area contributed by atoms with Crippen LogP contribution in [-0.4, -0.2) is 23.6 Å². The van der Waals surface area contributed by atoms with Crippen molar-refractivity contribution in [2.24, 2.45) is 0 Å². The number of nitrogens with one attached hydrogen (secondary N) is 1. The molecule has 5 nitrogen and oxygen atoms in total. The molecule has 2 N–H and O–H groups in total. The topological polar surface area (TPSA) is 75.6 Å². The summed E-state index contributed by atoms with van der Waals surface area (Å²) in [5.74, 6) is -1.30. The lowest BCUT2D eigenvalue weighted by Gasteiger charge is -2.09. The highest BCUT2D eigenvalue weighted by Gasteiger charge is 2.15. The van der Waals surface area contributed by atoms with Crippen molar-refractivity contribution in [2.45, 2.75) is 20.3 Å². The van der Waals surface area contributed by atoms with Crippen molar-refractivity contribution in [3.8, 4) is 5.75 Å². The van der Waals surface area contributed by atoms with E-state index >= 15 is 0 Å². The number of aromatic hydroxyl groups is 1. The first-order valence-corrected chi connectivity index (χ1v) is 7.35. The van der Waals surface area contributed by atoms with Gasteiger partial charge in [-0.25, -0.2) is 4.79 Å². The van der Waals surface area contributed by atoms with Crippen LogP contribution < -0.4 is 5.32 Å². The molecule has 0 aliphatic rings. The minimum absolute atomic E-state index is 0.0470. The van der Waals surface area contributed by atoms with Crippen LogP contribution >= 0.6 is 0 Å². The molecule has 0 aromatic heterocycles. The number of phenols is 1. The Labute approximate surface area is 134 Å². The lowest BCUT2D eigenvalue weighted by atomic mass is 10.1. The zero-order valence-corrected chi connectivity index (χ0v) is 13.1. The molecule has 0 unspecified atom stereocenters. The first-order valence-electron chi connectivity index (χ1n) is 7.35. The first-order chi connectivity index (χ1) is 11.0. The van der Waals surface area contributed by atoms with E-state index in [1.165, 1.54) is 6.07 Å². The Morgan fingerprint density at radius 1 is 1.17 bits per heavy atom. The van der Waals surface area contributed by atoms with Gasteiger partial charge in [0.25, 0.3) is 5.91 Å². The highest BCUT2D eigenvalue weighted by molar-refractivity contribution is 5.97. The molecule has 0 aliphatic carbocycles. The third-order valence-electron chi connectivity index (χ3n) is 3.41. The predicted molar refractivity (Wildman–Crippen MR) is 87.6 cm³/mol. The Morgan fingerprint density at radius 3 is 2.65 bits per heavy atom. The molecule has 1 amide bonds. The highest BCUT2D eigenvalue weighted by Crippen LogP contribution is 2.22. The first kappa shape index (κ1) is 16.5. The summed E-state index contributed by atoms with van der Waals surface area (Å²) in [4.78, 5) is 23.8. The molecule has 0 spiro atoms. The van der Waals surface area contributed by atoms with E-state index in [1.54, 1.807) is 25.1 Å². The third kappa shape index (κ3) is 4.32. The normalized spacial score (nSPS) is 10.2. The standard InChI is InChI=1S/C18H19NO4/c1-3-13-7-5-8-14(10-13)19-16(20)11-23-18(22)15-9-4-6-12(2)17(15)21/h4-10,21H,3,11H2,1-2H3,(H,19,20). The van der Waals surface area contributed by atoms with Gasteiger partial charge >= 0.3 is 5.97 Å². The van der Waals surface area contributed by atoms with Gasteiger partial charge in [0.05, 0.1) is 0 Å². The fourth-order valence-electron chi connectivity index (χ4n) is 2.10. The molecule has 2 aromatic rings. The Hall–Kier alpha value is -2.82. The number of carbonyl (C=O) groups excluding carboxylic acids is 2. The molecule has 0 saturated carbocycles. The number of rotatable bonds is 5. The average Bonchev–Trinajstić information content (AvgIpc) is 2.55. The van der Waals surface area contributed by atoms with Crippen LogP contribution in [0.3, 0.4) is 0 Å². The van der Waals surface area contributed by atoms with Gasteiger partial charge in [0.1, 0.15) is 11.3 Å². The summed E-state index contributed by atoms with van der Waals surface area (Å²) in [6, 6.07) is 12.2. The van der Waals surface area contributed by atoms with Crippen LogP contribution in [0.2, 0.25) is 0 Å². The summed E-state index contributed by atoms with van der Waals surface area (Å²) in [5, 5.41) is 12.5. The van der Waals surface area contributed by atoms with Crippen molar-refractivity contribution in [3.05, 3.63) is 59.2 Å². The van der Waals surface area contributed by atoms with Crippen molar-refractivity contribution in [3.63, 3.8) is 0 Å². The molecule has 2 aromatic carbocycles. The van der Waals surface area contributed by atoms with Crippen LogP contribution in [-0.2, 0) is 16.0 Å². The maximum atomic E-state index is 11.9. The van der Waals surface area contributed by atoms with Gasteiger partial charge in [-0.15, -0.1) is 0 Å². The second kappa shape index (κ2) is 7.45. The van der Waals surface area contributed by atoms with E-state index in [4.69, 9.17) is 4.74 Å². The SMILES string of the molecule is CCc1cccc(NC(=O)COC(=O)c2cccc(C)c2O)c1. The molecule has 120 valence electrons. The van der Waals surface area contributed by atoms with Crippen LogP contribution in [0.4, 0.5) is 5.69 Å².